The van der Waals surface area contributed by atoms with E-state index in [0.717, 1.165) is 17.9 Å². The van der Waals surface area contributed by atoms with Crippen LogP contribution in [-0.4, -0.2) is 35.8 Å². The minimum atomic E-state index is 0.309. The van der Waals surface area contributed by atoms with Crippen LogP contribution >= 0.6 is 11.8 Å². The van der Waals surface area contributed by atoms with Gasteiger partial charge in [-0.3, -0.25) is 0 Å². The monoisotopic (exact) mass is 243 g/mol. The van der Waals surface area contributed by atoms with Crippen LogP contribution in [0.25, 0.3) is 0 Å². The van der Waals surface area contributed by atoms with Crippen molar-refractivity contribution in [1.29, 1.82) is 0 Å². The Balaban J connectivity index is 1.84. The van der Waals surface area contributed by atoms with E-state index in [2.05, 4.69) is 44.8 Å². The zero-order chi connectivity index (χ0) is 11.8. The van der Waals surface area contributed by atoms with Crippen molar-refractivity contribution in [3.05, 3.63) is 0 Å². The molecule has 1 saturated carbocycles. The van der Waals surface area contributed by atoms with Crippen LogP contribution in [0.3, 0.4) is 0 Å². The van der Waals surface area contributed by atoms with Crippen LogP contribution in [-0.2, 0) is 4.74 Å². The molecule has 1 aliphatic heterocycles. The second-order valence-corrected chi connectivity index (χ2v) is 7.18. The Morgan fingerprint density at radius 3 is 2.69 bits per heavy atom. The van der Waals surface area contributed by atoms with Crippen LogP contribution in [0.2, 0.25) is 0 Å². The van der Waals surface area contributed by atoms with Crippen molar-refractivity contribution in [2.45, 2.75) is 64.0 Å². The summed E-state index contributed by atoms with van der Waals surface area (Å²) < 4.78 is 5.77. The van der Waals surface area contributed by atoms with Gasteiger partial charge in [-0.05, 0) is 25.5 Å². The van der Waals surface area contributed by atoms with Crippen molar-refractivity contribution in [3.63, 3.8) is 0 Å². The van der Waals surface area contributed by atoms with Gasteiger partial charge < -0.3 is 10.1 Å². The third kappa shape index (κ3) is 2.27. The van der Waals surface area contributed by atoms with Crippen LogP contribution in [0.1, 0.15) is 40.5 Å². The first-order valence-electron chi connectivity index (χ1n) is 6.55. The van der Waals surface area contributed by atoms with Crippen LogP contribution in [0.4, 0.5) is 0 Å². The minimum Gasteiger partial charge on any atom is -0.378 e. The highest BCUT2D eigenvalue weighted by molar-refractivity contribution is 8.00. The lowest BCUT2D eigenvalue weighted by atomic mass is 9.64. The molecule has 1 saturated heterocycles. The van der Waals surface area contributed by atoms with E-state index < -0.39 is 0 Å². The number of nitrogens with one attached hydrogen (secondary N) is 1. The summed E-state index contributed by atoms with van der Waals surface area (Å²) >= 11 is 2.10. The molecule has 1 aliphatic carbocycles. The fourth-order valence-corrected chi connectivity index (χ4v) is 4.07. The predicted molar refractivity (Wildman–Crippen MR) is 71.1 cm³/mol. The highest BCUT2D eigenvalue weighted by atomic mass is 32.2. The second kappa shape index (κ2) is 4.87. The zero-order valence-electron chi connectivity index (χ0n) is 11.0. The molecule has 0 spiro atoms. The summed E-state index contributed by atoms with van der Waals surface area (Å²) in [5, 5.41) is 4.62. The van der Waals surface area contributed by atoms with Crippen molar-refractivity contribution in [3.8, 4) is 0 Å². The molecule has 0 aromatic rings. The van der Waals surface area contributed by atoms with E-state index in [1.165, 1.54) is 18.6 Å². The van der Waals surface area contributed by atoms with E-state index >= 15 is 0 Å². The Labute approximate surface area is 104 Å². The average molecular weight is 243 g/mol. The Bertz CT molecular complexity index is 244. The summed E-state index contributed by atoms with van der Waals surface area (Å²) in [6, 6.07) is 1.37. The predicted octanol–water partition coefficient (Wildman–Crippen LogP) is 2.67. The van der Waals surface area contributed by atoms with Crippen LogP contribution < -0.4 is 5.32 Å². The average Bonchev–Trinajstić information content (AvgIpc) is 2.63. The summed E-state index contributed by atoms with van der Waals surface area (Å²) in [4.78, 5) is 0. The zero-order valence-corrected chi connectivity index (χ0v) is 11.8. The number of ether oxygens (including phenoxy) is 1. The Hall–Kier alpha value is 0.270. The molecule has 2 aliphatic rings. The third-order valence-corrected chi connectivity index (χ3v) is 5.66. The van der Waals surface area contributed by atoms with Gasteiger partial charge in [0.05, 0.1) is 6.10 Å². The third-order valence-electron chi connectivity index (χ3n) is 4.34. The van der Waals surface area contributed by atoms with Gasteiger partial charge >= 0.3 is 0 Å². The molecule has 4 atom stereocenters. The lowest BCUT2D eigenvalue weighted by Gasteiger charge is -2.53. The van der Waals surface area contributed by atoms with Crippen LogP contribution in [0.5, 0.6) is 0 Å². The minimum absolute atomic E-state index is 0.309. The molecule has 2 fully saturated rings. The fourth-order valence-electron chi connectivity index (χ4n) is 2.86. The molecule has 0 bridgehead atoms. The van der Waals surface area contributed by atoms with Gasteiger partial charge in [-0.25, -0.2) is 0 Å². The summed E-state index contributed by atoms with van der Waals surface area (Å²) in [6.45, 7) is 9.95. The molecule has 1 N–H and O–H groups in total. The van der Waals surface area contributed by atoms with Crippen molar-refractivity contribution < 1.29 is 4.74 Å². The van der Waals surface area contributed by atoms with Crippen molar-refractivity contribution >= 4 is 11.8 Å². The van der Waals surface area contributed by atoms with Gasteiger partial charge in [0.15, 0.2) is 0 Å². The Morgan fingerprint density at radius 1 is 1.44 bits per heavy atom. The number of thioether (sulfide) groups is 1. The SMILES string of the molecule is CCOC1CC(NC2CCSC2C)C1(C)C. The van der Waals surface area contributed by atoms with Crippen LogP contribution in [0.15, 0.2) is 0 Å². The lowest BCUT2D eigenvalue weighted by Crippen LogP contribution is -2.63. The first-order valence-corrected chi connectivity index (χ1v) is 7.59. The highest BCUT2D eigenvalue weighted by Crippen LogP contribution is 2.43. The number of hydrogen-bond donors (Lipinski definition) is 1. The molecule has 16 heavy (non-hydrogen) atoms. The van der Waals surface area contributed by atoms with Gasteiger partial charge in [-0.1, -0.05) is 20.8 Å². The first kappa shape index (κ1) is 12.7. The topological polar surface area (TPSA) is 21.3 Å². The molecule has 2 nitrogen and oxygen atoms in total. The normalized spacial score (nSPS) is 42.0. The maximum Gasteiger partial charge on any atom is 0.0655 e. The van der Waals surface area contributed by atoms with E-state index in [1.807, 2.05) is 0 Å². The maximum absolute atomic E-state index is 5.77. The molecule has 1 heterocycles. The Morgan fingerprint density at radius 2 is 2.19 bits per heavy atom. The summed E-state index contributed by atoms with van der Waals surface area (Å²) in [5.74, 6) is 1.32. The quantitative estimate of drug-likeness (QED) is 0.820. The molecule has 4 unspecified atom stereocenters. The van der Waals surface area contributed by atoms with Gasteiger partial charge in [-0.2, -0.15) is 11.8 Å². The number of hydrogen-bond acceptors (Lipinski definition) is 3. The molecule has 3 heteroatoms. The summed E-state index contributed by atoms with van der Waals surface area (Å²) in [5.41, 5.74) is 0.309. The molecule has 0 aromatic carbocycles. The summed E-state index contributed by atoms with van der Waals surface area (Å²) in [6.07, 6.45) is 2.98. The van der Waals surface area contributed by atoms with Gasteiger partial charge in [-0.15, -0.1) is 0 Å². The van der Waals surface area contributed by atoms with E-state index in [0.29, 0.717) is 17.6 Å². The first-order chi connectivity index (χ1) is 7.55. The Kier molecular flexibility index (Phi) is 3.87. The molecule has 0 amide bonds. The number of rotatable bonds is 4. The maximum atomic E-state index is 5.77. The standard InChI is InChI=1S/C13H25NOS/c1-5-15-12-8-11(13(12,3)4)14-10-6-7-16-9(10)2/h9-12,14H,5-8H2,1-4H3. The smallest absolute Gasteiger partial charge is 0.0655 e. The molecule has 94 valence electrons. The van der Waals surface area contributed by atoms with E-state index in [9.17, 15) is 0 Å². The van der Waals surface area contributed by atoms with Gasteiger partial charge in [0.25, 0.3) is 0 Å². The highest BCUT2D eigenvalue weighted by Gasteiger charge is 2.49. The van der Waals surface area contributed by atoms with Gasteiger partial charge in [0.1, 0.15) is 0 Å². The molecular formula is C13H25NOS. The van der Waals surface area contributed by atoms with Gasteiger partial charge in [0.2, 0.25) is 0 Å². The molecule has 2 rings (SSSR count). The van der Waals surface area contributed by atoms with E-state index in [-0.39, 0.29) is 0 Å². The van der Waals surface area contributed by atoms with E-state index in [1.54, 1.807) is 0 Å². The van der Waals surface area contributed by atoms with Crippen molar-refractivity contribution in [1.82, 2.24) is 5.32 Å². The molecule has 0 radical (unpaired) electrons. The van der Waals surface area contributed by atoms with Crippen LogP contribution in [0, 0.1) is 5.41 Å². The molecular weight excluding hydrogens is 218 g/mol. The van der Waals surface area contributed by atoms with Gasteiger partial charge in [0, 0.05) is 29.4 Å². The van der Waals surface area contributed by atoms with E-state index in [4.69, 9.17) is 4.74 Å². The lowest BCUT2D eigenvalue weighted by molar-refractivity contribution is -0.116. The second-order valence-electron chi connectivity index (χ2n) is 5.69. The largest absolute Gasteiger partial charge is 0.378 e. The van der Waals surface area contributed by atoms with Crippen molar-refractivity contribution in [2.24, 2.45) is 5.41 Å². The van der Waals surface area contributed by atoms with Crippen molar-refractivity contribution in [2.75, 3.05) is 12.4 Å². The fraction of sp³-hybridized carbons (Fsp3) is 1.00. The molecule has 0 aromatic heterocycles. The summed E-state index contributed by atoms with van der Waals surface area (Å²) in [7, 11) is 0.